The van der Waals surface area contributed by atoms with Crippen LogP contribution in [0.1, 0.15) is 17.2 Å². The molecule has 0 fully saturated rings. The van der Waals surface area contributed by atoms with Gasteiger partial charge in [-0.3, -0.25) is 4.99 Å². The van der Waals surface area contributed by atoms with Crippen molar-refractivity contribution in [2.45, 2.75) is 6.04 Å². The summed E-state index contributed by atoms with van der Waals surface area (Å²) < 4.78 is 0. The van der Waals surface area contributed by atoms with Gasteiger partial charge in [-0.2, -0.15) is 0 Å². The number of halogens is 1. The molecule has 1 aliphatic heterocycles. The highest BCUT2D eigenvalue weighted by Gasteiger charge is 2.29. The highest BCUT2D eigenvalue weighted by atomic mass is 35.5. The highest BCUT2D eigenvalue weighted by molar-refractivity contribution is 6.30. The lowest BCUT2D eigenvalue weighted by molar-refractivity contribution is 1.13. The quantitative estimate of drug-likeness (QED) is 0.738. The molecule has 0 N–H and O–H groups in total. The van der Waals surface area contributed by atoms with Crippen molar-refractivity contribution in [2.75, 3.05) is 0 Å². The Balaban J connectivity index is 1.81. The molecule has 0 amide bonds. The fraction of sp³-hybridized carbons (Fsp3) is 0.0714. The molecular formula is C14H10ClN. The maximum atomic E-state index is 5.85. The van der Waals surface area contributed by atoms with Crippen LogP contribution in [-0.4, -0.2) is 5.71 Å². The summed E-state index contributed by atoms with van der Waals surface area (Å²) in [4.78, 5) is 4.50. The monoisotopic (exact) mass is 227 g/mol. The minimum Gasteiger partial charge on any atom is -0.272 e. The van der Waals surface area contributed by atoms with Gasteiger partial charge in [0.05, 0.1) is 5.71 Å². The molecule has 0 aliphatic carbocycles. The van der Waals surface area contributed by atoms with E-state index in [9.17, 15) is 0 Å². The molecule has 0 spiro atoms. The van der Waals surface area contributed by atoms with Crippen molar-refractivity contribution in [3.05, 3.63) is 70.7 Å². The number of aliphatic imine (C=N–C) groups is 1. The fourth-order valence-electron chi connectivity index (χ4n) is 1.82. The number of rotatable bonds is 2. The van der Waals surface area contributed by atoms with E-state index in [0.29, 0.717) is 0 Å². The molecule has 0 saturated carbocycles. The fourth-order valence-corrected chi connectivity index (χ4v) is 1.95. The SMILES string of the molecule is Clc1ccc(C2=N[C@@H]2c2ccccc2)cc1. The predicted molar refractivity (Wildman–Crippen MR) is 67.2 cm³/mol. The van der Waals surface area contributed by atoms with Gasteiger partial charge in [-0.1, -0.05) is 54.1 Å². The van der Waals surface area contributed by atoms with Crippen LogP contribution in [0.25, 0.3) is 0 Å². The molecule has 0 saturated heterocycles. The highest BCUT2D eigenvalue weighted by Crippen LogP contribution is 2.34. The minimum atomic E-state index is 0.252. The van der Waals surface area contributed by atoms with Gasteiger partial charge in [-0.25, -0.2) is 0 Å². The predicted octanol–water partition coefficient (Wildman–Crippen LogP) is 3.88. The van der Waals surface area contributed by atoms with Gasteiger partial charge in [0, 0.05) is 5.02 Å². The molecule has 0 radical (unpaired) electrons. The van der Waals surface area contributed by atoms with Gasteiger partial charge in [-0.05, 0) is 23.3 Å². The average molecular weight is 228 g/mol. The Morgan fingerprint density at radius 1 is 0.875 bits per heavy atom. The molecule has 16 heavy (non-hydrogen) atoms. The summed E-state index contributed by atoms with van der Waals surface area (Å²) in [5, 5.41) is 0.765. The molecule has 2 heteroatoms. The number of nitrogens with zero attached hydrogens (tertiary/aromatic N) is 1. The van der Waals surface area contributed by atoms with Crippen molar-refractivity contribution >= 4 is 17.3 Å². The van der Waals surface area contributed by atoms with Gasteiger partial charge in [0.2, 0.25) is 0 Å². The third-order valence-corrected chi connectivity index (χ3v) is 2.97. The van der Waals surface area contributed by atoms with E-state index in [1.54, 1.807) is 0 Å². The Morgan fingerprint density at radius 3 is 2.25 bits per heavy atom. The van der Waals surface area contributed by atoms with Crippen LogP contribution in [0.3, 0.4) is 0 Å². The van der Waals surface area contributed by atoms with Gasteiger partial charge >= 0.3 is 0 Å². The standard InChI is InChI=1S/C14H10ClN/c15-12-8-6-11(7-9-12)14-13(16-14)10-4-2-1-3-5-10/h1-9,13H/t13-/m1/s1. The Labute approximate surface area is 99.4 Å². The number of benzene rings is 2. The molecule has 78 valence electrons. The van der Waals surface area contributed by atoms with Crippen LogP contribution < -0.4 is 0 Å². The number of hydrogen-bond donors (Lipinski definition) is 0. The molecule has 3 rings (SSSR count). The Morgan fingerprint density at radius 2 is 1.56 bits per heavy atom. The zero-order valence-corrected chi connectivity index (χ0v) is 9.35. The van der Waals surface area contributed by atoms with Crippen LogP contribution in [-0.2, 0) is 0 Å². The van der Waals surface area contributed by atoms with Crippen molar-refractivity contribution < 1.29 is 0 Å². The van der Waals surface area contributed by atoms with Crippen molar-refractivity contribution in [1.29, 1.82) is 0 Å². The zero-order chi connectivity index (χ0) is 11.0. The van der Waals surface area contributed by atoms with Crippen molar-refractivity contribution in [1.82, 2.24) is 0 Å². The van der Waals surface area contributed by atoms with E-state index in [1.807, 2.05) is 42.5 Å². The van der Waals surface area contributed by atoms with E-state index < -0.39 is 0 Å². The van der Waals surface area contributed by atoms with Crippen molar-refractivity contribution in [3.63, 3.8) is 0 Å². The first kappa shape index (κ1) is 9.61. The molecule has 0 bridgehead atoms. The minimum absolute atomic E-state index is 0.252. The van der Waals surface area contributed by atoms with Crippen molar-refractivity contribution in [2.24, 2.45) is 4.99 Å². The summed E-state index contributed by atoms with van der Waals surface area (Å²) >= 11 is 5.85. The first-order valence-corrected chi connectivity index (χ1v) is 5.61. The second kappa shape index (κ2) is 3.76. The molecule has 1 atom stereocenters. The average Bonchev–Trinajstić information content (AvgIpc) is 3.11. The Kier molecular flexibility index (Phi) is 2.26. The summed E-state index contributed by atoms with van der Waals surface area (Å²) in [5.74, 6) is 0. The van der Waals surface area contributed by atoms with E-state index in [1.165, 1.54) is 11.1 Å². The van der Waals surface area contributed by atoms with Gasteiger partial charge in [-0.15, -0.1) is 0 Å². The summed E-state index contributed by atoms with van der Waals surface area (Å²) in [5.41, 5.74) is 3.58. The second-order valence-corrected chi connectivity index (χ2v) is 4.27. The van der Waals surface area contributed by atoms with Crippen LogP contribution >= 0.6 is 11.6 Å². The van der Waals surface area contributed by atoms with E-state index in [4.69, 9.17) is 11.6 Å². The molecule has 0 unspecified atom stereocenters. The van der Waals surface area contributed by atoms with Crippen LogP contribution in [0, 0.1) is 0 Å². The van der Waals surface area contributed by atoms with E-state index in [-0.39, 0.29) is 6.04 Å². The summed E-state index contributed by atoms with van der Waals surface area (Å²) in [6.07, 6.45) is 0. The molecule has 1 aliphatic rings. The summed E-state index contributed by atoms with van der Waals surface area (Å²) in [6, 6.07) is 18.4. The lowest BCUT2D eigenvalue weighted by Crippen LogP contribution is -1.92. The lowest BCUT2D eigenvalue weighted by atomic mass is 10.0. The molecule has 2 aromatic carbocycles. The largest absolute Gasteiger partial charge is 0.272 e. The van der Waals surface area contributed by atoms with Crippen molar-refractivity contribution in [3.8, 4) is 0 Å². The van der Waals surface area contributed by atoms with Gasteiger partial charge in [0.25, 0.3) is 0 Å². The normalized spacial score (nSPS) is 18.1. The Hall–Kier alpha value is -1.60. The van der Waals surface area contributed by atoms with Crippen LogP contribution in [0.15, 0.2) is 59.6 Å². The third kappa shape index (κ3) is 1.74. The summed E-state index contributed by atoms with van der Waals surface area (Å²) in [6.45, 7) is 0. The van der Waals surface area contributed by atoms with Crippen LogP contribution in [0.5, 0.6) is 0 Å². The molecule has 1 nitrogen and oxygen atoms in total. The second-order valence-electron chi connectivity index (χ2n) is 3.83. The zero-order valence-electron chi connectivity index (χ0n) is 8.60. The van der Waals surface area contributed by atoms with Gasteiger partial charge in [0.1, 0.15) is 6.04 Å². The Bertz CT molecular complexity index is 528. The smallest absolute Gasteiger partial charge is 0.118 e. The maximum Gasteiger partial charge on any atom is 0.118 e. The van der Waals surface area contributed by atoms with Gasteiger partial charge in [0.15, 0.2) is 0 Å². The summed E-state index contributed by atoms with van der Waals surface area (Å²) in [7, 11) is 0. The van der Waals surface area contributed by atoms with Crippen LogP contribution in [0.4, 0.5) is 0 Å². The first-order chi connectivity index (χ1) is 7.84. The van der Waals surface area contributed by atoms with E-state index in [2.05, 4.69) is 17.1 Å². The molecule has 1 heterocycles. The van der Waals surface area contributed by atoms with Crippen LogP contribution in [0.2, 0.25) is 5.02 Å². The van der Waals surface area contributed by atoms with E-state index in [0.717, 1.165) is 10.7 Å². The first-order valence-electron chi connectivity index (χ1n) is 5.23. The molecule has 0 aromatic heterocycles. The van der Waals surface area contributed by atoms with Gasteiger partial charge < -0.3 is 0 Å². The number of hydrogen-bond acceptors (Lipinski definition) is 1. The maximum absolute atomic E-state index is 5.85. The lowest BCUT2D eigenvalue weighted by Gasteiger charge is -1.98. The molecular weight excluding hydrogens is 218 g/mol. The molecule has 2 aromatic rings. The third-order valence-electron chi connectivity index (χ3n) is 2.71. The topological polar surface area (TPSA) is 12.4 Å². The van der Waals surface area contributed by atoms with E-state index >= 15 is 0 Å².